The molecule has 1 aromatic heterocycles. The van der Waals surface area contributed by atoms with Gasteiger partial charge in [0.2, 0.25) is 5.75 Å². The van der Waals surface area contributed by atoms with Crippen molar-refractivity contribution >= 4 is 16.9 Å². The van der Waals surface area contributed by atoms with Crippen LogP contribution < -0.4 is 19.5 Å². The standard InChI is InChI=1S/C21H23NO5/c1-13-9-18(24-3)21(19(10-13)25-4)26-12-20(23)22-14(2)17-11-15-7-5-6-8-16(15)27-17/h5-11,14H,12H2,1-4H3,(H,22,23). The molecule has 0 spiro atoms. The quantitative estimate of drug-likeness (QED) is 0.681. The molecule has 0 bridgehead atoms. The second-order valence-corrected chi connectivity index (χ2v) is 6.26. The molecule has 27 heavy (non-hydrogen) atoms. The SMILES string of the molecule is COc1cc(C)cc(OC)c1OCC(=O)NC(C)c1cc2ccccc2o1. The van der Waals surface area contributed by atoms with Crippen molar-refractivity contribution in [3.8, 4) is 17.2 Å². The van der Waals surface area contributed by atoms with Gasteiger partial charge in [0.1, 0.15) is 11.3 Å². The van der Waals surface area contributed by atoms with Crippen LogP contribution in [0.1, 0.15) is 24.3 Å². The van der Waals surface area contributed by atoms with Crippen LogP contribution in [-0.4, -0.2) is 26.7 Å². The van der Waals surface area contributed by atoms with E-state index in [4.69, 9.17) is 18.6 Å². The van der Waals surface area contributed by atoms with Gasteiger partial charge in [-0.3, -0.25) is 4.79 Å². The predicted octanol–water partition coefficient (Wildman–Crippen LogP) is 4.01. The van der Waals surface area contributed by atoms with Crippen molar-refractivity contribution in [1.29, 1.82) is 0 Å². The second kappa shape index (κ2) is 8.03. The van der Waals surface area contributed by atoms with E-state index in [9.17, 15) is 4.79 Å². The minimum absolute atomic E-state index is 0.166. The number of fused-ring (bicyclic) bond motifs is 1. The Bertz CT molecular complexity index is 889. The molecule has 0 saturated carbocycles. The lowest BCUT2D eigenvalue weighted by molar-refractivity contribution is -0.123. The van der Waals surface area contributed by atoms with Gasteiger partial charge in [-0.1, -0.05) is 18.2 Å². The third-order valence-electron chi connectivity index (χ3n) is 4.20. The fourth-order valence-corrected chi connectivity index (χ4v) is 2.86. The van der Waals surface area contributed by atoms with Gasteiger partial charge >= 0.3 is 0 Å². The number of aryl methyl sites for hydroxylation is 1. The molecule has 0 aliphatic heterocycles. The molecule has 0 fully saturated rings. The van der Waals surface area contributed by atoms with Crippen LogP contribution in [0.15, 0.2) is 46.9 Å². The van der Waals surface area contributed by atoms with Crippen LogP contribution in [0.5, 0.6) is 17.2 Å². The summed E-state index contributed by atoms with van der Waals surface area (Å²) in [5.74, 6) is 1.86. The predicted molar refractivity (Wildman–Crippen MR) is 103 cm³/mol. The summed E-state index contributed by atoms with van der Waals surface area (Å²) in [7, 11) is 3.09. The summed E-state index contributed by atoms with van der Waals surface area (Å²) < 4.78 is 22.1. The lowest BCUT2D eigenvalue weighted by atomic mass is 10.2. The average Bonchev–Trinajstić information content (AvgIpc) is 3.10. The Labute approximate surface area is 158 Å². The highest BCUT2D eigenvalue weighted by Gasteiger charge is 2.17. The molecule has 6 heteroatoms. The number of ether oxygens (including phenoxy) is 3. The van der Waals surface area contributed by atoms with Gasteiger partial charge in [0.25, 0.3) is 5.91 Å². The topological polar surface area (TPSA) is 69.9 Å². The molecule has 1 N–H and O–H groups in total. The van der Waals surface area contributed by atoms with Crippen LogP contribution in [-0.2, 0) is 4.79 Å². The molecule has 2 aromatic carbocycles. The summed E-state index contributed by atoms with van der Waals surface area (Å²) >= 11 is 0. The number of hydrogen-bond acceptors (Lipinski definition) is 5. The van der Waals surface area contributed by atoms with Crippen LogP contribution in [0, 0.1) is 6.92 Å². The van der Waals surface area contributed by atoms with Gasteiger partial charge in [-0.15, -0.1) is 0 Å². The number of methoxy groups -OCH3 is 2. The maximum atomic E-state index is 12.3. The highest BCUT2D eigenvalue weighted by Crippen LogP contribution is 2.38. The molecule has 6 nitrogen and oxygen atoms in total. The number of hydrogen-bond donors (Lipinski definition) is 1. The van der Waals surface area contributed by atoms with E-state index >= 15 is 0 Å². The number of carbonyl (C=O) groups excluding carboxylic acids is 1. The van der Waals surface area contributed by atoms with E-state index in [1.807, 2.05) is 56.3 Å². The Morgan fingerprint density at radius 3 is 2.41 bits per heavy atom. The van der Waals surface area contributed by atoms with Crippen LogP contribution in [0.4, 0.5) is 0 Å². The molecule has 0 radical (unpaired) electrons. The van der Waals surface area contributed by atoms with Gasteiger partial charge in [0, 0.05) is 5.39 Å². The van der Waals surface area contributed by atoms with E-state index in [0.29, 0.717) is 23.0 Å². The first-order chi connectivity index (χ1) is 13.0. The summed E-state index contributed by atoms with van der Waals surface area (Å²) in [6, 6.07) is 13.0. The lowest BCUT2D eigenvalue weighted by Crippen LogP contribution is -2.31. The first-order valence-electron chi connectivity index (χ1n) is 8.65. The number of para-hydroxylation sites is 1. The third-order valence-corrected chi connectivity index (χ3v) is 4.20. The molecular formula is C21H23NO5. The van der Waals surface area contributed by atoms with Gasteiger partial charge in [-0.05, 0) is 43.7 Å². The number of rotatable bonds is 7. The normalized spacial score (nSPS) is 11.9. The third kappa shape index (κ3) is 4.16. The fraction of sp³-hybridized carbons (Fsp3) is 0.286. The van der Waals surface area contributed by atoms with E-state index in [0.717, 1.165) is 16.5 Å². The largest absolute Gasteiger partial charge is 0.493 e. The van der Waals surface area contributed by atoms with Gasteiger partial charge in [0.05, 0.1) is 20.3 Å². The first-order valence-corrected chi connectivity index (χ1v) is 8.65. The zero-order valence-electron chi connectivity index (χ0n) is 15.9. The van der Waals surface area contributed by atoms with Crippen molar-refractivity contribution in [1.82, 2.24) is 5.32 Å². The number of amides is 1. The summed E-state index contributed by atoms with van der Waals surface area (Å²) in [6.45, 7) is 3.62. The highest BCUT2D eigenvalue weighted by molar-refractivity contribution is 5.80. The van der Waals surface area contributed by atoms with E-state index in [1.54, 1.807) is 14.2 Å². The molecule has 0 aliphatic rings. The molecule has 3 aromatic rings. The van der Waals surface area contributed by atoms with Crippen molar-refractivity contribution in [2.75, 3.05) is 20.8 Å². The van der Waals surface area contributed by atoms with E-state index in [1.165, 1.54) is 0 Å². The van der Waals surface area contributed by atoms with Gasteiger partial charge in [-0.2, -0.15) is 0 Å². The summed E-state index contributed by atoms with van der Waals surface area (Å²) in [5.41, 5.74) is 1.76. The maximum absolute atomic E-state index is 12.3. The van der Waals surface area contributed by atoms with Gasteiger partial charge < -0.3 is 23.9 Å². The Morgan fingerprint density at radius 1 is 1.11 bits per heavy atom. The molecule has 1 unspecified atom stereocenters. The molecule has 1 atom stereocenters. The van der Waals surface area contributed by atoms with E-state index in [2.05, 4.69) is 5.32 Å². The zero-order valence-corrected chi connectivity index (χ0v) is 15.9. The van der Waals surface area contributed by atoms with Crippen LogP contribution in [0.3, 0.4) is 0 Å². The smallest absolute Gasteiger partial charge is 0.258 e. The molecule has 142 valence electrons. The molecule has 3 rings (SSSR count). The Kier molecular flexibility index (Phi) is 5.54. The minimum Gasteiger partial charge on any atom is -0.493 e. The summed E-state index contributed by atoms with van der Waals surface area (Å²) in [5, 5.41) is 3.87. The highest BCUT2D eigenvalue weighted by atomic mass is 16.5. The fourth-order valence-electron chi connectivity index (χ4n) is 2.86. The number of carbonyl (C=O) groups is 1. The Hall–Kier alpha value is -3.15. The maximum Gasteiger partial charge on any atom is 0.258 e. The molecule has 1 heterocycles. The molecule has 0 saturated heterocycles. The van der Waals surface area contributed by atoms with Crippen LogP contribution in [0.25, 0.3) is 11.0 Å². The monoisotopic (exact) mass is 369 g/mol. The molecule has 0 aliphatic carbocycles. The van der Waals surface area contributed by atoms with Crippen molar-refractivity contribution in [3.05, 3.63) is 53.8 Å². The van der Waals surface area contributed by atoms with Crippen molar-refractivity contribution in [2.24, 2.45) is 0 Å². The van der Waals surface area contributed by atoms with Crippen molar-refractivity contribution < 1.29 is 23.4 Å². The van der Waals surface area contributed by atoms with Gasteiger partial charge in [-0.25, -0.2) is 0 Å². The Balaban J connectivity index is 1.66. The zero-order chi connectivity index (χ0) is 19.4. The second-order valence-electron chi connectivity index (χ2n) is 6.26. The lowest BCUT2D eigenvalue weighted by Gasteiger charge is -2.16. The summed E-state index contributed by atoms with van der Waals surface area (Å²) in [6.07, 6.45) is 0. The number of nitrogens with one attached hydrogen (secondary N) is 1. The van der Waals surface area contributed by atoms with E-state index < -0.39 is 0 Å². The van der Waals surface area contributed by atoms with E-state index in [-0.39, 0.29) is 18.6 Å². The Morgan fingerprint density at radius 2 is 1.78 bits per heavy atom. The summed E-state index contributed by atoms with van der Waals surface area (Å²) in [4.78, 5) is 12.3. The first kappa shape index (κ1) is 18.6. The number of furan rings is 1. The van der Waals surface area contributed by atoms with Crippen LogP contribution in [0.2, 0.25) is 0 Å². The molecular weight excluding hydrogens is 346 g/mol. The van der Waals surface area contributed by atoms with Crippen molar-refractivity contribution in [3.63, 3.8) is 0 Å². The number of benzene rings is 2. The van der Waals surface area contributed by atoms with Gasteiger partial charge in [0.15, 0.2) is 18.1 Å². The average molecular weight is 369 g/mol. The van der Waals surface area contributed by atoms with Crippen LogP contribution >= 0.6 is 0 Å². The van der Waals surface area contributed by atoms with Crippen molar-refractivity contribution in [2.45, 2.75) is 19.9 Å². The molecule has 1 amide bonds. The minimum atomic E-state index is -0.282.